The fraction of sp³-hybridized carbons (Fsp3) is 1.00. The summed E-state index contributed by atoms with van der Waals surface area (Å²) in [5.74, 6) is 0. The average molecular weight is 170 g/mol. The van der Waals surface area contributed by atoms with Crippen molar-refractivity contribution < 1.29 is 75.4 Å². The van der Waals surface area contributed by atoms with Crippen molar-refractivity contribution in [1.29, 1.82) is 0 Å². The molecule has 8 heavy (non-hydrogen) atoms. The van der Waals surface area contributed by atoms with E-state index in [-0.39, 0.29) is 52.8 Å². The second-order valence-electron chi connectivity index (χ2n) is 0.448. The zero-order chi connectivity index (χ0) is 6.50. The van der Waals surface area contributed by atoms with Crippen molar-refractivity contribution in [3.63, 3.8) is 0 Å². The van der Waals surface area contributed by atoms with Crippen LogP contribution in [0.4, 0.5) is 0 Å². The maximum Gasteiger partial charge on any atom is 1.00 e. The molecule has 0 fully saturated rings. The molecule has 7 heteroatoms. The molecular weight excluding hydrogens is 163 g/mol. The molecule has 0 radical (unpaired) electrons. The Labute approximate surface area is 91.6 Å². The molecule has 3 N–H and O–H groups in total. The van der Waals surface area contributed by atoms with Crippen LogP contribution in [0.5, 0.6) is 0 Å². The number of hydrogen-bond donors (Lipinski definition) is 3. The molecule has 0 aromatic heterocycles. The summed E-state index contributed by atoms with van der Waals surface area (Å²) in [7, 11) is -3.67. The fourth-order valence-corrected chi connectivity index (χ4v) is 0. The van der Waals surface area contributed by atoms with E-state index in [4.69, 9.17) is 22.6 Å². The van der Waals surface area contributed by atoms with Crippen LogP contribution in [0.3, 0.4) is 0 Å². The second kappa shape index (κ2) is 8.47. The molecule has 0 aliphatic carbocycles. The van der Waals surface area contributed by atoms with Gasteiger partial charge in [0.2, 0.25) is 0 Å². The first kappa shape index (κ1) is 16.2. The summed E-state index contributed by atoms with van der Waals surface area (Å²) in [6.07, 6.45) is 0. The van der Waals surface area contributed by atoms with Gasteiger partial charge in [-0.3, -0.25) is 9.11 Å². The van der Waals surface area contributed by atoms with Crippen molar-refractivity contribution in [2.45, 2.75) is 0 Å². The van der Waals surface area contributed by atoms with E-state index in [1.54, 1.807) is 0 Å². The van der Waals surface area contributed by atoms with Crippen LogP contribution in [0.15, 0.2) is 0 Å². The minimum absolute atomic E-state index is 0. The Hall–Kier alpha value is 1.47. The molecule has 0 saturated heterocycles. The number of aliphatic hydroxyl groups excluding tert-OH is 1. The van der Waals surface area contributed by atoms with Gasteiger partial charge in [0.1, 0.15) is 0 Å². The van der Waals surface area contributed by atoms with Gasteiger partial charge in [-0.1, -0.05) is 0 Å². The van der Waals surface area contributed by atoms with Crippen molar-refractivity contribution in [3.05, 3.63) is 0 Å². The van der Waals surface area contributed by atoms with E-state index in [0.717, 1.165) is 7.11 Å². The van der Waals surface area contributed by atoms with Gasteiger partial charge in [0.05, 0.1) is 0 Å². The minimum Gasteiger partial charge on any atom is -1.00 e. The normalized spacial score (nSPS) is 8.00. The molecule has 0 aliphatic rings. The Balaban J connectivity index is -0.0000000286. The predicted molar refractivity (Wildman–Crippen MR) is 23.4 cm³/mol. The molecule has 48 valence electrons. The average Bonchev–Trinajstić information content (AvgIpc) is 1.36. The fourth-order valence-electron chi connectivity index (χ4n) is 0. The monoisotopic (exact) mass is 170 g/mol. The Kier molecular flexibility index (Phi) is 17.2. The summed E-state index contributed by atoms with van der Waals surface area (Å²) in [5.41, 5.74) is 0. The summed E-state index contributed by atoms with van der Waals surface area (Å²) < 4.78 is 31.6. The zero-order valence-electron chi connectivity index (χ0n) is 5.57. The molecule has 0 rings (SSSR count). The smallest absolute Gasteiger partial charge is 1.00 e. The Bertz CT molecular complexity index is 100. The van der Waals surface area contributed by atoms with Gasteiger partial charge in [-0.15, -0.1) is 0 Å². The van der Waals surface area contributed by atoms with Crippen LogP contribution in [0.2, 0.25) is 0 Å². The summed E-state index contributed by atoms with van der Waals surface area (Å²) in [6, 6.07) is 0. The van der Waals surface area contributed by atoms with Crippen LogP contribution in [-0.4, -0.2) is 29.7 Å². The SMILES string of the molecule is CO.O=S(=O)(O)O.[H-].[K+]. The summed E-state index contributed by atoms with van der Waals surface area (Å²) >= 11 is 0. The molecule has 0 saturated carbocycles. The second-order valence-corrected chi connectivity index (χ2v) is 1.34. The van der Waals surface area contributed by atoms with Gasteiger partial charge in [-0.2, -0.15) is 8.42 Å². The molecule has 0 aromatic rings. The first-order chi connectivity index (χ1) is 3.00. The molecule has 0 bridgehead atoms. The quantitative estimate of drug-likeness (QED) is 0.255. The van der Waals surface area contributed by atoms with E-state index in [1.165, 1.54) is 0 Å². The first-order valence-corrected chi connectivity index (χ1v) is 2.54. The number of rotatable bonds is 0. The molecule has 0 aliphatic heterocycles. The van der Waals surface area contributed by atoms with E-state index in [1.807, 2.05) is 0 Å². The maximum atomic E-state index is 8.74. The molecule has 0 spiro atoms. The molecule has 0 unspecified atom stereocenters. The van der Waals surface area contributed by atoms with Gasteiger partial charge in [-0.25, -0.2) is 0 Å². The summed E-state index contributed by atoms with van der Waals surface area (Å²) in [4.78, 5) is 0. The van der Waals surface area contributed by atoms with Gasteiger partial charge < -0.3 is 6.53 Å². The zero-order valence-corrected chi connectivity index (χ0v) is 8.51. The van der Waals surface area contributed by atoms with Gasteiger partial charge in [0.15, 0.2) is 0 Å². The third-order valence-corrected chi connectivity index (χ3v) is 0. The van der Waals surface area contributed by atoms with E-state index < -0.39 is 10.4 Å². The maximum absolute atomic E-state index is 8.74. The van der Waals surface area contributed by atoms with Crippen molar-refractivity contribution >= 4 is 10.4 Å². The first-order valence-electron chi connectivity index (χ1n) is 1.15. The van der Waals surface area contributed by atoms with Gasteiger partial charge in [-0.05, 0) is 0 Å². The largest absolute Gasteiger partial charge is 1.00 e. The van der Waals surface area contributed by atoms with Crippen LogP contribution in [0.25, 0.3) is 0 Å². The third kappa shape index (κ3) is 145. The van der Waals surface area contributed by atoms with E-state index in [2.05, 4.69) is 0 Å². The molecule has 0 atom stereocenters. The Morgan fingerprint density at radius 3 is 1.25 bits per heavy atom. The summed E-state index contributed by atoms with van der Waals surface area (Å²) in [5, 5.41) is 7.00. The van der Waals surface area contributed by atoms with Crippen molar-refractivity contribution in [2.75, 3.05) is 7.11 Å². The van der Waals surface area contributed by atoms with Gasteiger partial charge >= 0.3 is 61.8 Å². The molecule has 5 nitrogen and oxygen atoms in total. The molecule has 0 aromatic carbocycles. The third-order valence-electron chi connectivity index (χ3n) is 0. The molecule has 0 heterocycles. The molecule has 0 amide bonds. The molecular formula is CH7KO5S. The van der Waals surface area contributed by atoms with Crippen LogP contribution < -0.4 is 51.4 Å². The predicted octanol–water partition coefficient (Wildman–Crippen LogP) is -3.93. The number of hydrogen-bond acceptors (Lipinski definition) is 3. The standard InChI is InChI=1S/CH4O.K.H2O4S.H/c1-2;;1-5(2,3)4;/h2H,1H3;;(H2,1,2,3,4);/q;+1;;-1. The van der Waals surface area contributed by atoms with Crippen LogP contribution in [-0.2, 0) is 10.4 Å². The van der Waals surface area contributed by atoms with Crippen LogP contribution in [0, 0.1) is 0 Å². The minimum atomic E-state index is -4.67. The van der Waals surface area contributed by atoms with E-state index in [9.17, 15) is 0 Å². The van der Waals surface area contributed by atoms with Crippen LogP contribution >= 0.6 is 0 Å². The van der Waals surface area contributed by atoms with Crippen molar-refractivity contribution in [2.24, 2.45) is 0 Å². The van der Waals surface area contributed by atoms with Crippen molar-refractivity contribution in [3.8, 4) is 0 Å². The summed E-state index contributed by atoms with van der Waals surface area (Å²) in [6.45, 7) is 0. The van der Waals surface area contributed by atoms with Gasteiger partial charge in [0.25, 0.3) is 0 Å². The van der Waals surface area contributed by atoms with Gasteiger partial charge in [0, 0.05) is 7.11 Å². The topological polar surface area (TPSA) is 94.8 Å². The van der Waals surface area contributed by atoms with E-state index >= 15 is 0 Å². The van der Waals surface area contributed by atoms with Crippen LogP contribution in [0.1, 0.15) is 1.43 Å². The number of aliphatic hydroxyl groups is 1. The Morgan fingerprint density at radius 2 is 1.25 bits per heavy atom. The Morgan fingerprint density at radius 1 is 1.25 bits per heavy atom. The van der Waals surface area contributed by atoms with E-state index in [0.29, 0.717) is 0 Å². The van der Waals surface area contributed by atoms with Crippen molar-refractivity contribution in [1.82, 2.24) is 0 Å².